The van der Waals surface area contributed by atoms with Crippen LogP contribution in [0.4, 0.5) is 0 Å². The summed E-state index contributed by atoms with van der Waals surface area (Å²) in [6.07, 6.45) is -0.906. The molecule has 0 aromatic heterocycles. The van der Waals surface area contributed by atoms with E-state index in [4.69, 9.17) is 14.6 Å². The van der Waals surface area contributed by atoms with Crippen LogP contribution in [-0.2, 0) is 9.47 Å². The van der Waals surface area contributed by atoms with E-state index in [-0.39, 0.29) is 6.61 Å². The Morgan fingerprint density at radius 3 is 2.50 bits per heavy atom. The van der Waals surface area contributed by atoms with Crippen molar-refractivity contribution in [2.75, 3.05) is 13.2 Å². The molecule has 6 nitrogen and oxygen atoms in total. The van der Waals surface area contributed by atoms with Gasteiger partial charge in [0.1, 0.15) is 24.4 Å². The first-order valence-corrected chi connectivity index (χ1v) is 7.28. The summed E-state index contributed by atoms with van der Waals surface area (Å²) in [5.74, 6) is 0. The van der Waals surface area contributed by atoms with Gasteiger partial charge in [0.25, 0.3) is 0 Å². The lowest BCUT2D eigenvalue weighted by molar-refractivity contribution is -0.299. The molecule has 1 fully saturated rings. The van der Waals surface area contributed by atoms with E-state index >= 15 is 0 Å². The number of aliphatic hydroxyl groups excluding tert-OH is 4. The summed E-state index contributed by atoms with van der Waals surface area (Å²) < 4.78 is 10.7. The second kappa shape index (κ2) is 9.19. The maximum atomic E-state index is 9.83. The molecule has 1 saturated heterocycles. The molecule has 1 heterocycles. The minimum absolute atomic E-state index is 0.212. The molecule has 126 valence electrons. The zero-order chi connectivity index (χ0) is 16.7. The van der Waals surface area contributed by atoms with E-state index in [1.165, 1.54) is 0 Å². The lowest BCUT2D eigenvalue weighted by atomic mass is 9.99. The monoisotopic (exact) mass is 314 g/mol. The average Bonchev–Trinajstić information content (AvgIpc) is 2.51. The van der Waals surface area contributed by atoms with Crippen LogP contribution in [0.2, 0.25) is 0 Å². The molecule has 0 spiro atoms. The molecule has 0 saturated carbocycles. The smallest absolute Gasteiger partial charge is 0.187 e. The van der Waals surface area contributed by atoms with Crippen molar-refractivity contribution >= 4 is 0 Å². The molecule has 0 radical (unpaired) electrons. The summed E-state index contributed by atoms with van der Waals surface area (Å²) in [6.45, 7) is 9.08. The molecule has 5 atom stereocenters. The van der Waals surface area contributed by atoms with E-state index in [2.05, 4.69) is 13.2 Å². The summed E-state index contributed by atoms with van der Waals surface area (Å²) in [7, 11) is 0. The number of aliphatic hydroxyl groups is 4. The molecule has 1 unspecified atom stereocenters. The molecular weight excluding hydrogens is 288 g/mol. The van der Waals surface area contributed by atoms with Gasteiger partial charge in [-0.15, -0.1) is 0 Å². The molecule has 0 aromatic carbocycles. The van der Waals surface area contributed by atoms with Crippen LogP contribution in [-0.4, -0.2) is 64.3 Å². The van der Waals surface area contributed by atoms with Crippen LogP contribution in [0.1, 0.15) is 19.8 Å². The molecule has 1 aliphatic rings. The summed E-state index contributed by atoms with van der Waals surface area (Å²) in [4.78, 5) is 0. The van der Waals surface area contributed by atoms with Crippen molar-refractivity contribution in [3.05, 3.63) is 36.5 Å². The molecule has 22 heavy (non-hydrogen) atoms. The lowest BCUT2D eigenvalue weighted by Crippen LogP contribution is -2.59. The first-order chi connectivity index (χ1) is 10.4. The molecular formula is C16H26O6. The molecule has 0 amide bonds. The van der Waals surface area contributed by atoms with Gasteiger partial charge in [0.2, 0.25) is 0 Å². The van der Waals surface area contributed by atoms with E-state index in [1.54, 1.807) is 6.08 Å². The summed E-state index contributed by atoms with van der Waals surface area (Å²) >= 11 is 0. The highest BCUT2D eigenvalue weighted by Crippen LogP contribution is 2.22. The first-order valence-electron chi connectivity index (χ1n) is 7.28. The Kier molecular flexibility index (Phi) is 7.95. The van der Waals surface area contributed by atoms with Gasteiger partial charge in [-0.05, 0) is 19.8 Å². The van der Waals surface area contributed by atoms with Crippen molar-refractivity contribution in [2.45, 2.75) is 50.5 Å². The van der Waals surface area contributed by atoms with Gasteiger partial charge in [0.15, 0.2) is 6.29 Å². The van der Waals surface area contributed by atoms with Gasteiger partial charge in [-0.3, -0.25) is 0 Å². The van der Waals surface area contributed by atoms with Crippen LogP contribution in [0.15, 0.2) is 36.5 Å². The van der Waals surface area contributed by atoms with Crippen molar-refractivity contribution in [3.8, 4) is 0 Å². The van der Waals surface area contributed by atoms with Crippen molar-refractivity contribution in [1.82, 2.24) is 0 Å². The molecule has 4 N–H and O–H groups in total. The van der Waals surface area contributed by atoms with Crippen LogP contribution < -0.4 is 0 Å². The number of allylic oxidation sites excluding steroid dienone is 3. The quantitative estimate of drug-likeness (QED) is 0.379. The van der Waals surface area contributed by atoms with Crippen LogP contribution in [0.5, 0.6) is 0 Å². The maximum Gasteiger partial charge on any atom is 0.187 e. The number of hydrogen-bond donors (Lipinski definition) is 4. The van der Waals surface area contributed by atoms with Gasteiger partial charge in [-0.1, -0.05) is 36.5 Å². The van der Waals surface area contributed by atoms with Crippen molar-refractivity contribution in [2.24, 2.45) is 0 Å². The van der Waals surface area contributed by atoms with Crippen molar-refractivity contribution < 1.29 is 29.9 Å². The average molecular weight is 314 g/mol. The van der Waals surface area contributed by atoms with Gasteiger partial charge in [-0.2, -0.15) is 0 Å². The normalized spacial score (nSPS) is 32.8. The number of hydrogen-bond acceptors (Lipinski definition) is 6. The predicted molar refractivity (Wildman–Crippen MR) is 82.0 cm³/mol. The lowest BCUT2D eigenvalue weighted by Gasteiger charge is -2.39. The van der Waals surface area contributed by atoms with E-state index < -0.39 is 37.3 Å². The molecule has 0 bridgehead atoms. The van der Waals surface area contributed by atoms with Crippen LogP contribution in [0.3, 0.4) is 0 Å². The van der Waals surface area contributed by atoms with Gasteiger partial charge in [-0.25, -0.2) is 0 Å². The van der Waals surface area contributed by atoms with Gasteiger partial charge >= 0.3 is 0 Å². The third kappa shape index (κ3) is 5.31. The highest BCUT2D eigenvalue weighted by atomic mass is 16.7. The fourth-order valence-electron chi connectivity index (χ4n) is 2.08. The topological polar surface area (TPSA) is 99.4 Å². The largest absolute Gasteiger partial charge is 0.394 e. The molecule has 1 rings (SSSR count). The number of rotatable bonds is 8. The molecule has 0 aliphatic carbocycles. The number of ether oxygens (including phenoxy) is 2. The SMILES string of the molecule is C=CC(=C)CC/C=C(\C)COC1O[C@H](CO)[C@@H](O)[C@H](O)[C@H]1O. The van der Waals surface area contributed by atoms with Gasteiger partial charge < -0.3 is 29.9 Å². The Balaban J connectivity index is 2.46. The fraction of sp³-hybridized carbons (Fsp3) is 0.625. The second-order valence-electron chi connectivity index (χ2n) is 5.46. The Morgan fingerprint density at radius 1 is 1.23 bits per heavy atom. The second-order valence-corrected chi connectivity index (χ2v) is 5.46. The van der Waals surface area contributed by atoms with E-state index in [1.807, 2.05) is 13.0 Å². The Morgan fingerprint density at radius 2 is 1.91 bits per heavy atom. The maximum absolute atomic E-state index is 9.83. The zero-order valence-electron chi connectivity index (χ0n) is 12.9. The zero-order valence-corrected chi connectivity index (χ0v) is 12.9. The van der Waals surface area contributed by atoms with Gasteiger partial charge in [0.05, 0.1) is 13.2 Å². The third-order valence-corrected chi connectivity index (χ3v) is 3.57. The minimum Gasteiger partial charge on any atom is -0.394 e. The Bertz CT molecular complexity index is 403. The molecule has 0 aromatic rings. The highest BCUT2D eigenvalue weighted by Gasteiger charge is 2.43. The Labute approximate surface area is 131 Å². The van der Waals surface area contributed by atoms with Crippen molar-refractivity contribution in [3.63, 3.8) is 0 Å². The standard InChI is InChI=1S/C16H26O6/c1-4-10(2)6-5-7-11(3)9-21-16-15(20)14(19)13(18)12(8-17)22-16/h4,7,12-20H,1-2,5-6,8-9H2,3H3/b11-7+/t12-,13-,14+,15-,16?/m1/s1. The third-order valence-electron chi connectivity index (χ3n) is 3.57. The molecule has 1 aliphatic heterocycles. The fourth-order valence-corrected chi connectivity index (χ4v) is 2.08. The molecule has 6 heteroatoms. The Hall–Kier alpha value is -1.02. The van der Waals surface area contributed by atoms with E-state index in [0.717, 1.165) is 24.0 Å². The summed E-state index contributed by atoms with van der Waals surface area (Å²) in [5.41, 5.74) is 1.90. The van der Waals surface area contributed by atoms with E-state index in [0.29, 0.717) is 0 Å². The summed E-state index contributed by atoms with van der Waals surface area (Å²) in [6, 6.07) is 0. The van der Waals surface area contributed by atoms with Crippen molar-refractivity contribution in [1.29, 1.82) is 0 Å². The minimum atomic E-state index is -1.42. The van der Waals surface area contributed by atoms with E-state index in [9.17, 15) is 15.3 Å². The van der Waals surface area contributed by atoms with Crippen LogP contribution >= 0.6 is 0 Å². The highest BCUT2D eigenvalue weighted by molar-refractivity contribution is 5.12. The van der Waals surface area contributed by atoms with Crippen LogP contribution in [0, 0.1) is 0 Å². The predicted octanol–water partition coefficient (Wildman–Crippen LogP) is 0.272. The van der Waals surface area contributed by atoms with Crippen LogP contribution in [0.25, 0.3) is 0 Å². The van der Waals surface area contributed by atoms with Gasteiger partial charge in [0, 0.05) is 0 Å². The first kappa shape index (κ1) is 19.0. The summed E-state index contributed by atoms with van der Waals surface area (Å²) in [5, 5.41) is 38.2.